The van der Waals surface area contributed by atoms with Crippen LogP contribution in [0.3, 0.4) is 0 Å². The fourth-order valence-electron chi connectivity index (χ4n) is 3.38. The van der Waals surface area contributed by atoms with E-state index >= 15 is 0 Å². The van der Waals surface area contributed by atoms with Crippen LogP contribution in [0.25, 0.3) is 0 Å². The zero-order valence-corrected chi connectivity index (χ0v) is 12.2. The maximum Gasteiger partial charge on any atom is 0.0312 e. The summed E-state index contributed by atoms with van der Waals surface area (Å²) in [5.74, 6) is 0.914. The van der Waals surface area contributed by atoms with Gasteiger partial charge in [-0.1, -0.05) is 6.07 Å². The maximum absolute atomic E-state index is 4.19. The molecule has 0 spiro atoms. The zero-order chi connectivity index (χ0) is 12.2. The van der Waals surface area contributed by atoms with Crippen LogP contribution >= 0.6 is 12.4 Å². The third kappa shape index (κ3) is 3.91. The molecule has 1 N–H and O–H groups in total. The lowest BCUT2D eigenvalue weighted by molar-refractivity contribution is 0.157. The lowest BCUT2D eigenvalue weighted by Gasteiger charge is -2.34. The second-order valence-electron chi connectivity index (χ2n) is 5.68. The normalized spacial score (nSPS) is 25.2. The number of aromatic nitrogens is 1. The van der Waals surface area contributed by atoms with Crippen LogP contribution in [0.2, 0.25) is 0 Å². The van der Waals surface area contributed by atoms with E-state index in [1.54, 1.807) is 0 Å². The van der Waals surface area contributed by atoms with Crippen molar-refractivity contribution in [3.05, 3.63) is 30.1 Å². The number of nitrogens with zero attached hydrogens (tertiary/aromatic N) is 2. The summed E-state index contributed by atoms with van der Waals surface area (Å²) in [6.45, 7) is 4.80. The van der Waals surface area contributed by atoms with Gasteiger partial charge in [-0.2, -0.15) is 0 Å². The van der Waals surface area contributed by atoms with E-state index in [-0.39, 0.29) is 12.4 Å². The predicted molar refractivity (Wildman–Crippen MR) is 80.5 cm³/mol. The van der Waals surface area contributed by atoms with Gasteiger partial charge in [-0.25, -0.2) is 0 Å². The molecule has 3 nitrogen and oxygen atoms in total. The Balaban J connectivity index is 0.00000133. The quantitative estimate of drug-likeness (QED) is 0.923. The molecule has 0 aromatic carbocycles. The van der Waals surface area contributed by atoms with Crippen molar-refractivity contribution in [2.75, 3.05) is 19.6 Å². The highest BCUT2D eigenvalue weighted by molar-refractivity contribution is 5.85. The minimum atomic E-state index is 0. The summed E-state index contributed by atoms with van der Waals surface area (Å²) in [5, 5.41) is 3.66. The van der Waals surface area contributed by atoms with Crippen molar-refractivity contribution in [1.82, 2.24) is 15.2 Å². The van der Waals surface area contributed by atoms with Crippen molar-refractivity contribution in [2.24, 2.45) is 5.92 Å². The third-order valence-electron chi connectivity index (χ3n) is 4.43. The van der Waals surface area contributed by atoms with Gasteiger partial charge in [-0.05, 0) is 62.9 Å². The largest absolute Gasteiger partial charge is 0.314 e. The predicted octanol–water partition coefficient (Wildman–Crippen LogP) is 2.47. The number of pyridine rings is 1. The van der Waals surface area contributed by atoms with Gasteiger partial charge in [0.25, 0.3) is 0 Å². The second kappa shape index (κ2) is 7.22. The molecule has 0 bridgehead atoms. The lowest BCUT2D eigenvalue weighted by atomic mass is 9.88. The smallest absolute Gasteiger partial charge is 0.0312 e. The highest BCUT2D eigenvalue weighted by Crippen LogP contribution is 2.26. The first kappa shape index (κ1) is 14.8. The topological polar surface area (TPSA) is 28.2 Å². The molecule has 0 radical (unpaired) electrons. The van der Waals surface area contributed by atoms with Crippen molar-refractivity contribution in [3.8, 4) is 0 Å². The van der Waals surface area contributed by atoms with Crippen molar-refractivity contribution in [1.29, 1.82) is 0 Å². The zero-order valence-electron chi connectivity index (χ0n) is 11.4. The van der Waals surface area contributed by atoms with Gasteiger partial charge >= 0.3 is 0 Å². The van der Waals surface area contributed by atoms with Crippen LogP contribution in [-0.4, -0.2) is 35.6 Å². The molecule has 0 saturated carbocycles. The molecule has 3 rings (SSSR count). The first-order chi connectivity index (χ1) is 8.92. The van der Waals surface area contributed by atoms with E-state index in [1.165, 1.54) is 50.9 Å². The van der Waals surface area contributed by atoms with E-state index in [0.29, 0.717) is 0 Å². The molecule has 1 aromatic rings. The molecule has 0 aliphatic carbocycles. The van der Waals surface area contributed by atoms with Crippen molar-refractivity contribution >= 4 is 12.4 Å². The summed E-state index contributed by atoms with van der Waals surface area (Å²) in [5.41, 5.74) is 1.34. The molecule has 4 heteroatoms. The Morgan fingerprint density at radius 2 is 2.11 bits per heavy atom. The fraction of sp³-hybridized carbons (Fsp3) is 0.667. The van der Waals surface area contributed by atoms with Gasteiger partial charge < -0.3 is 5.32 Å². The number of hydrogen-bond acceptors (Lipinski definition) is 3. The van der Waals surface area contributed by atoms with Crippen LogP contribution in [0.15, 0.2) is 24.5 Å². The van der Waals surface area contributed by atoms with Crippen molar-refractivity contribution < 1.29 is 0 Å². The van der Waals surface area contributed by atoms with Crippen LogP contribution in [0, 0.1) is 5.92 Å². The number of halogens is 1. The molecule has 2 fully saturated rings. The van der Waals surface area contributed by atoms with Gasteiger partial charge in [0, 0.05) is 25.0 Å². The van der Waals surface area contributed by atoms with Crippen LogP contribution in [0.1, 0.15) is 31.2 Å². The van der Waals surface area contributed by atoms with Gasteiger partial charge in [0.15, 0.2) is 0 Å². The molecule has 106 valence electrons. The van der Waals surface area contributed by atoms with Gasteiger partial charge in [-0.3, -0.25) is 9.88 Å². The van der Waals surface area contributed by atoms with E-state index < -0.39 is 0 Å². The summed E-state index contributed by atoms with van der Waals surface area (Å²) in [6.07, 6.45) is 9.33. The molecule has 19 heavy (non-hydrogen) atoms. The van der Waals surface area contributed by atoms with E-state index in [4.69, 9.17) is 0 Å². The Bertz CT molecular complexity index is 357. The van der Waals surface area contributed by atoms with E-state index in [0.717, 1.165) is 18.5 Å². The average Bonchev–Trinajstić information content (AvgIpc) is 2.95. The second-order valence-corrected chi connectivity index (χ2v) is 5.68. The minimum Gasteiger partial charge on any atom is -0.314 e. The van der Waals surface area contributed by atoms with Crippen LogP contribution in [0.4, 0.5) is 0 Å². The molecule has 1 aromatic heterocycles. The monoisotopic (exact) mass is 281 g/mol. The molecular weight excluding hydrogens is 258 g/mol. The number of piperidine rings is 1. The Hall–Kier alpha value is -0.640. The minimum absolute atomic E-state index is 0. The first-order valence-corrected chi connectivity index (χ1v) is 7.26. The highest BCUT2D eigenvalue weighted by atomic mass is 35.5. The number of nitrogens with one attached hydrogen (secondary N) is 1. The highest BCUT2D eigenvalue weighted by Gasteiger charge is 2.28. The molecule has 2 aliphatic rings. The molecular formula is C15H24ClN3. The van der Waals surface area contributed by atoms with Gasteiger partial charge in [-0.15, -0.1) is 12.4 Å². The fourth-order valence-corrected chi connectivity index (χ4v) is 3.38. The Morgan fingerprint density at radius 1 is 1.26 bits per heavy atom. The number of hydrogen-bond donors (Lipinski definition) is 1. The Labute approximate surface area is 122 Å². The van der Waals surface area contributed by atoms with Gasteiger partial charge in [0.05, 0.1) is 0 Å². The molecule has 1 unspecified atom stereocenters. The number of rotatable bonds is 3. The molecule has 3 heterocycles. The lowest BCUT2D eigenvalue weighted by Crippen LogP contribution is -2.40. The first-order valence-electron chi connectivity index (χ1n) is 7.26. The summed E-state index contributed by atoms with van der Waals surface area (Å²) in [6, 6.07) is 5.02. The van der Waals surface area contributed by atoms with Crippen LogP contribution in [0.5, 0.6) is 0 Å². The standard InChI is InChI=1S/C15H23N3.ClH/c1-3-13(11-16-7-1)12-18-9-5-14(6-10-18)15-4-2-8-17-15;/h1,3,7,11,14-15,17H,2,4-6,8-10,12H2;1H. The van der Waals surface area contributed by atoms with E-state index in [1.807, 2.05) is 18.5 Å². The van der Waals surface area contributed by atoms with Gasteiger partial charge in [0.1, 0.15) is 0 Å². The van der Waals surface area contributed by atoms with E-state index in [9.17, 15) is 0 Å². The maximum atomic E-state index is 4.19. The molecule has 2 aliphatic heterocycles. The summed E-state index contributed by atoms with van der Waals surface area (Å²) in [4.78, 5) is 6.76. The Kier molecular flexibility index (Phi) is 5.61. The van der Waals surface area contributed by atoms with Crippen molar-refractivity contribution in [2.45, 2.75) is 38.3 Å². The van der Waals surface area contributed by atoms with Crippen molar-refractivity contribution in [3.63, 3.8) is 0 Å². The van der Waals surface area contributed by atoms with Crippen LogP contribution in [-0.2, 0) is 6.54 Å². The molecule has 0 amide bonds. The summed E-state index contributed by atoms with van der Waals surface area (Å²) >= 11 is 0. The summed E-state index contributed by atoms with van der Waals surface area (Å²) < 4.78 is 0. The summed E-state index contributed by atoms with van der Waals surface area (Å²) in [7, 11) is 0. The van der Waals surface area contributed by atoms with E-state index in [2.05, 4.69) is 21.3 Å². The number of likely N-dealkylation sites (tertiary alicyclic amines) is 1. The average molecular weight is 282 g/mol. The van der Waals surface area contributed by atoms with Gasteiger partial charge in [0.2, 0.25) is 0 Å². The molecule has 2 saturated heterocycles. The Morgan fingerprint density at radius 3 is 2.74 bits per heavy atom. The third-order valence-corrected chi connectivity index (χ3v) is 4.43. The molecule has 1 atom stereocenters. The van der Waals surface area contributed by atoms with Crippen LogP contribution < -0.4 is 5.32 Å². The SMILES string of the molecule is Cl.c1cncc(CN2CCC(C3CCCN3)CC2)c1.